The maximum atomic E-state index is 13.6. The first kappa shape index (κ1) is 25.5. The van der Waals surface area contributed by atoms with Crippen LogP contribution >= 0.6 is 7.37 Å². The van der Waals surface area contributed by atoms with E-state index in [9.17, 15) is 23.7 Å². The van der Waals surface area contributed by atoms with Crippen molar-refractivity contribution in [1.29, 1.82) is 0 Å². The van der Waals surface area contributed by atoms with Crippen molar-refractivity contribution in [3.8, 4) is 22.4 Å². The molecule has 0 bridgehead atoms. The Kier molecular flexibility index (Phi) is 8.15. The fourth-order valence-corrected chi connectivity index (χ4v) is 4.87. The zero-order chi connectivity index (χ0) is 24.9. The van der Waals surface area contributed by atoms with Crippen LogP contribution in [0.25, 0.3) is 28.5 Å². The zero-order valence-electron chi connectivity index (χ0n) is 18.9. The maximum Gasteiger partial charge on any atom is 0.305 e. The quantitative estimate of drug-likeness (QED) is 0.334. The number of carbonyl (C=O) groups is 1. The standard InChI is InChI=1S/C26H27FNO5P/c1-17(2)26-22(12-13-34(32,33)16-21(29)14-25(30)31)23(18-8-10-20(27)11-9-18)15-24(28-26)19-6-4-3-5-7-19/h3-13,15,17,21,29H,14,16H2,1-2H3,(H,30,31)(H,32,33)/b13-12+/t21-/m1/s1. The molecule has 0 aliphatic heterocycles. The number of benzene rings is 2. The Morgan fingerprint density at radius 2 is 1.74 bits per heavy atom. The van der Waals surface area contributed by atoms with Gasteiger partial charge in [0.1, 0.15) is 5.82 Å². The summed E-state index contributed by atoms with van der Waals surface area (Å²) in [7, 11) is -3.99. The number of pyridine rings is 1. The molecule has 8 heteroatoms. The Bertz CT molecular complexity index is 1230. The summed E-state index contributed by atoms with van der Waals surface area (Å²) in [5.41, 5.74) is 4.31. The highest BCUT2D eigenvalue weighted by molar-refractivity contribution is 7.61. The van der Waals surface area contributed by atoms with Gasteiger partial charge in [-0.2, -0.15) is 0 Å². The van der Waals surface area contributed by atoms with Crippen molar-refractivity contribution in [2.75, 3.05) is 6.16 Å². The van der Waals surface area contributed by atoms with E-state index in [1.54, 1.807) is 12.1 Å². The minimum absolute atomic E-state index is 0.0433. The number of nitrogens with zero attached hydrogens (tertiary/aromatic N) is 1. The van der Waals surface area contributed by atoms with Gasteiger partial charge in [-0.25, -0.2) is 4.39 Å². The number of aromatic nitrogens is 1. The summed E-state index contributed by atoms with van der Waals surface area (Å²) in [6, 6.07) is 17.4. The SMILES string of the molecule is CC(C)c1nc(-c2ccccc2)cc(-c2ccc(F)cc2)c1/C=C/P(=O)(O)C[C@H](O)CC(=O)O. The van der Waals surface area contributed by atoms with E-state index in [0.29, 0.717) is 28.1 Å². The minimum Gasteiger partial charge on any atom is -0.481 e. The molecule has 0 saturated carbocycles. The van der Waals surface area contributed by atoms with Gasteiger partial charge in [0.2, 0.25) is 7.37 Å². The fraction of sp³-hybridized carbons (Fsp3) is 0.231. The Morgan fingerprint density at radius 1 is 1.09 bits per heavy atom. The molecule has 0 aliphatic carbocycles. The van der Waals surface area contributed by atoms with Gasteiger partial charge in [-0.3, -0.25) is 14.3 Å². The van der Waals surface area contributed by atoms with E-state index < -0.39 is 32.0 Å². The summed E-state index contributed by atoms with van der Waals surface area (Å²) < 4.78 is 26.3. The van der Waals surface area contributed by atoms with Crippen molar-refractivity contribution in [3.63, 3.8) is 0 Å². The third-order valence-electron chi connectivity index (χ3n) is 5.22. The molecule has 1 aromatic heterocycles. The van der Waals surface area contributed by atoms with Gasteiger partial charge in [-0.1, -0.05) is 56.3 Å². The summed E-state index contributed by atoms with van der Waals surface area (Å²) in [5.74, 6) is -0.568. The molecule has 2 atom stereocenters. The van der Waals surface area contributed by atoms with Crippen molar-refractivity contribution >= 4 is 19.4 Å². The van der Waals surface area contributed by atoms with Gasteiger partial charge in [0, 0.05) is 16.9 Å². The zero-order valence-corrected chi connectivity index (χ0v) is 19.8. The highest BCUT2D eigenvalue weighted by atomic mass is 31.2. The van der Waals surface area contributed by atoms with Gasteiger partial charge in [-0.05, 0) is 41.3 Å². The lowest BCUT2D eigenvalue weighted by atomic mass is 9.92. The van der Waals surface area contributed by atoms with Crippen molar-refractivity contribution < 1.29 is 28.9 Å². The number of aliphatic carboxylic acids is 1. The number of carboxylic acids is 1. The van der Waals surface area contributed by atoms with Crippen LogP contribution in [-0.2, 0) is 9.36 Å². The van der Waals surface area contributed by atoms with E-state index in [0.717, 1.165) is 11.4 Å². The normalized spacial score (nSPS) is 14.3. The van der Waals surface area contributed by atoms with E-state index in [1.807, 2.05) is 50.2 Å². The van der Waals surface area contributed by atoms with Gasteiger partial charge >= 0.3 is 5.97 Å². The van der Waals surface area contributed by atoms with Crippen molar-refractivity contribution in [1.82, 2.24) is 4.98 Å². The van der Waals surface area contributed by atoms with E-state index in [1.165, 1.54) is 18.2 Å². The first-order chi connectivity index (χ1) is 16.1. The van der Waals surface area contributed by atoms with Gasteiger partial charge in [0.15, 0.2) is 0 Å². The molecule has 0 aliphatic rings. The molecule has 3 aromatic rings. The Morgan fingerprint density at radius 3 is 2.32 bits per heavy atom. The number of rotatable bonds is 9. The summed E-state index contributed by atoms with van der Waals surface area (Å²) in [5, 5.41) is 18.6. The predicted octanol–water partition coefficient (Wildman–Crippen LogP) is 5.75. The Balaban J connectivity index is 2.14. The number of carboxylic acid groups (broad SMARTS) is 1. The molecular formula is C26H27FNO5P. The van der Waals surface area contributed by atoms with Crippen LogP contribution in [0.1, 0.15) is 37.4 Å². The Hall–Kier alpha value is -3.12. The molecule has 0 amide bonds. The molecular weight excluding hydrogens is 456 g/mol. The summed E-state index contributed by atoms with van der Waals surface area (Å²) in [6.07, 6.45) is -1.15. The smallest absolute Gasteiger partial charge is 0.305 e. The molecule has 1 unspecified atom stereocenters. The lowest BCUT2D eigenvalue weighted by Gasteiger charge is -2.18. The second-order valence-corrected chi connectivity index (χ2v) is 10.6. The number of hydrogen-bond acceptors (Lipinski definition) is 4. The molecule has 178 valence electrons. The lowest BCUT2D eigenvalue weighted by molar-refractivity contribution is -0.138. The molecule has 0 spiro atoms. The van der Waals surface area contributed by atoms with Crippen molar-refractivity contribution in [3.05, 3.63) is 83.6 Å². The van der Waals surface area contributed by atoms with Crippen LogP contribution in [-0.4, -0.2) is 38.3 Å². The molecule has 2 aromatic carbocycles. The van der Waals surface area contributed by atoms with E-state index >= 15 is 0 Å². The van der Waals surface area contributed by atoms with Gasteiger partial charge in [0.05, 0.1) is 30.1 Å². The molecule has 0 fully saturated rings. The second kappa shape index (κ2) is 10.9. The van der Waals surface area contributed by atoms with Crippen LogP contribution in [0.2, 0.25) is 0 Å². The van der Waals surface area contributed by atoms with E-state index in [2.05, 4.69) is 0 Å². The van der Waals surface area contributed by atoms with Crippen LogP contribution < -0.4 is 0 Å². The summed E-state index contributed by atoms with van der Waals surface area (Å²) in [4.78, 5) is 26.0. The molecule has 3 N–H and O–H groups in total. The van der Waals surface area contributed by atoms with Crippen LogP contribution in [0.3, 0.4) is 0 Å². The van der Waals surface area contributed by atoms with E-state index in [-0.39, 0.29) is 11.7 Å². The number of aliphatic hydroxyl groups is 1. The average Bonchev–Trinajstić information content (AvgIpc) is 2.77. The third-order valence-corrected chi connectivity index (χ3v) is 6.78. The van der Waals surface area contributed by atoms with Crippen molar-refractivity contribution in [2.45, 2.75) is 32.3 Å². The largest absolute Gasteiger partial charge is 0.481 e. The summed E-state index contributed by atoms with van der Waals surface area (Å²) in [6.45, 7) is 3.91. The van der Waals surface area contributed by atoms with Crippen LogP contribution in [0, 0.1) is 5.82 Å². The van der Waals surface area contributed by atoms with Gasteiger partial charge in [-0.15, -0.1) is 0 Å². The highest BCUT2D eigenvalue weighted by Crippen LogP contribution is 2.45. The Labute approximate surface area is 197 Å². The minimum atomic E-state index is -3.99. The van der Waals surface area contributed by atoms with Crippen LogP contribution in [0.15, 0.2) is 66.5 Å². The molecule has 1 heterocycles. The van der Waals surface area contributed by atoms with Crippen LogP contribution in [0.5, 0.6) is 0 Å². The molecule has 3 rings (SSSR count). The fourth-order valence-electron chi connectivity index (χ4n) is 3.63. The van der Waals surface area contributed by atoms with Gasteiger partial charge < -0.3 is 15.1 Å². The van der Waals surface area contributed by atoms with Gasteiger partial charge in [0.25, 0.3) is 0 Å². The van der Waals surface area contributed by atoms with E-state index in [4.69, 9.17) is 10.1 Å². The molecule has 0 saturated heterocycles. The number of hydrogen-bond donors (Lipinski definition) is 3. The maximum absolute atomic E-state index is 13.6. The topological polar surface area (TPSA) is 108 Å². The average molecular weight is 483 g/mol. The molecule has 6 nitrogen and oxygen atoms in total. The lowest BCUT2D eigenvalue weighted by Crippen LogP contribution is -2.17. The number of aliphatic hydroxyl groups excluding tert-OH is 1. The number of halogens is 1. The third kappa shape index (κ3) is 6.70. The molecule has 0 radical (unpaired) electrons. The highest BCUT2D eigenvalue weighted by Gasteiger charge is 2.23. The molecule has 34 heavy (non-hydrogen) atoms. The van der Waals surface area contributed by atoms with Crippen LogP contribution in [0.4, 0.5) is 4.39 Å². The first-order valence-corrected chi connectivity index (χ1v) is 12.7. The predicted molar refractivity (Wildman–Crippen MR) is 131 cm³/mol. The van der Waals surface area contributed by atoms with Crippen molar-refractivity contribution in [2.24, 2.45) is 0 Å². The second-order valence-electron chi connectivity index (χ2n) is 8.39. The monoisotopic (exact) mass is 483 g/mol. The summed E-state index contributed by atoms with van der Waals surface area (Å²) >= 11 is 0. The first-order valence-electron chi connectivity index (χ1n) is 10.8.